The van der Waals surface area contributed by atoms with Crippen molar-refractivity contribution < 1.29 is 0 Å². The van der Waals surface area contributed by atoms with Crippen molar-refractivity contribution in [1.29, 1.82) is 0 Å². The maximum absolute atomic E-state index is 6.26. The van der Waals surface area contributed by atoms with Crippen LogP contribution >= 0.6 is 11.3 Å². The summed E-state index contributed by atoms with van der Waals surface area (Å²) in [6.07, 6.45) is 5.29. The molecule has 0 aliphatic heterocycles. The minimum Gasteiger partial charge on any atom is -0.319 e. The van der Waals surface area contributed by atoms with Crippen molar-refractivity contribution in [3.05, 3.63) is 16.6 Å². The molecule has 2 atom stereocenters. The molecule has 2 rings (SSSR count). The first-order chi connectivity index (χ1) is 5.71. The van der Waals surface area contributed by atoms with Crippen LogP contribution in [-0.4, -0.2) is 4.98 Å². The third-order valence-electron chi connectivity index (χ3n) is 2.65. The molecule has 2 nitrogen and oxygen atoms in total. The molecule has 12 heavy (non-hydrogen) atoms. The van der Waals surface area contributed by atoms with E-state index in [0.29, 0.717) is 0 Å². The number of nitrogens with zero attached hydrogens (tertiary/aromatic N) is 1. The normalized spacial score (nSPS) is 35.7. The third kappa shape index (κ3) is 1.27. The maximum Gasteiger partial charge on any atom is 0.112 e. The van der Waals surface area contributed by atoms with Crippen molar-refractivity contribution in [3.8, 4) is 0 Å². The molecule has 0 aromatic carbocycles. The number of hydrogen-bond donors (Lipinski definition) is 1. The van der Waals surface area contributed by atoms with Gasteiger partial charge in [-0.25, -0.2) is 4.98 Å². The summed E-state index contributed by atoms with van der Waals surface area (Å²) in [6, 6.07) is 0. The van der Waals surface area contributed by atoms with Crippen LogP contribution in [0.25, 0.3) is 0 Å². The highest BCUT2D eigenvalue weighted by molar-refractivity contribution is 7.09. The maximum atomic E-state index is 6.26. The molecule has 66 valence electrons. The van der Waals surface area contributed by atoms with Crippen LogP contribution in [-0.2, 0) is 5.54 Å². The minimum absolute atomic E-state index is 0.104. The second-order valence-electron chi connectivity index (χ2n) is 3.84. The van der Waals surface area contributed by atoms with Crippen LogP contribution in [0.15, 0.2) is 11.6 Å². The van der Waals surface area contributed by atoms with Crippen LogP contribution in [0.5, 0.6) is 0 Å². The Hall–Kier alpha value is -0.410. The fourth-order valence-electron chi connectivity index (χ4n) is 1.99. The van der Waals surface area contributed by atoms with Crippen molar-refractivity contribution in [2.24, 2.45) is 11.7 Å². The van der Waals surface area contributed by atoms with Crippen molar-refractivity contribution in [1.82, 2.24) is 4.98 Å². The smallest absolute Gasteiger partial charge is 0.112 e. The quantitative estimate of drug-likeness (QED) is 0.722. The van der Waals surface area contributed by atoms with Crippen LogP contribution < -0.4 is 5.73 Å². The fourth-order valence-corrected chi connectivity index (χ4v) is 2.79. The predicted molar refractivity (Wildman–Crippen MR) is 51.0 cm³/mol. The summed E-state index contributed by atoms with van der Waals surface area (Å²) in [5.74, 6) is 0.763. The molecule has 1 heterocycles. The van der Waals surface area contributed by atoms with Crippen molar-refractivity contribution in [2.75, 3.05) is 0 Å². The highest BCUT2D eigenvalue weighted by Crippen LogP contribution is 2.40. The zero-order valence-corrected chi connectivity index (χ0v) is 8.10. The number of aromatic nitrogens is 1. The van der Waals surface area contributed by atoms with Crippen LogP contribution in [0.1, 0.15) is 31.2 Å². The second kappa shape index (κ2) is 2.82. The van der Waals surface area contributed by atoms with Gasteiger partial charge < -0.3 is 5.73 Å². The molecule has 0 bridgehead atoms. The SMILES string of the molecule is CC1CCC(N)(c2nccs2)C1. The average Bonchev–Trinajstić information content (AvgIpc) is 2.59. The third-order valence-corrected chi connectivity index (χ3v) is 3.65. The number of rotatable bonds is 1. The van der Waals surface area contributed by atoms with E-state index in [2.05, 4.69) is 11.9 Å². The fraction of sp³-hybridized carbons (Fsp3) is 0.667. The summed E-state index contributed by atoms with van der Waals surface area (Å²) in [4.78, 5) is 4.30. The Kier molecular flexibility index (Phi) is 1.93. The molecule has 1 aliphatic carbocycles. The lowest BCUT2D eigenvalue weighted by molar-refractivity contribution is 0.438. The molecule has 1 aromatic heterocycles. The van der Waals surface area contributed by atoms with E-state index in [0.717, 1.165) is 23.8 Å². The Morgan fingerprint density at radius 1 is 1.75 bits per heavy atom. The topological polar surface area (TPSA) is 38.9 Å². The van der Waals surface area contributed by atoms with Gasteiger partial charge >= 0.3 is 0 Å². The Morgan fingerprint density at radius 3 is 3.08 bits per heavy atom. The van der Waals surface area contributed by atoms with E-state index < -0.39 is 0 Å². The molecule has 1 aliphatic rings. The lowest BCUT2D eigenvalue weighted by Gasteiger charge is -2.20. The van der Waals surface area contributed by atoms with Crippen LogP contribution in [0.3, 0.4) is 0 Å². The largest absolute Gasteiger partial charge is 0.319 e. The molecule has 2 unspecified atom stereocenters. The van der Waals surface area contributed by atoms with E-state index in [1.165, 1.54) is 6.42 Å². The lowest BCUT2D eigenvalue weighted by Crippen LogP contribution is -2.33. The second-order valence-corrected chi connectivity index (χ2v) is 4.74. The van der Waals surface area contributed by atoms with Crippen molar-refractivity contribution in [3.63, 3.8) is 0 Å². The molecule has 1 fully saturated rings. The molecule has 0 radical (unpaired) electrons. The van der Waals surface area contributed by atoms with E-state index in [9.17, 15) is 0 Å². The number of hydrogen-bond acceptors (Lipinski definition) is 3. The average molecular weight is 182 g/mol. The zero-order chi connectivity index (χ0) is 8.60. The first-order valence-corrected chi connectivity index (χ1v) is 5.27. The standard InChI is InChI=1S/C9H14N2S/c1-7-2-3-9(10,6-7)8-11-4-5-12-8/h4-5,7H,2-3,6,10H2,1H3. The molecule has 1 aromatic rings. The lowest BCUT2D eigenvalue weighted by atomic mass is 9.99. The van der Waals surface area contributed by atoms with E-state index in [-0.39, 0.29) is 5.54 Å². The first kappa shape index (κ1) is 8.20. The minimum atomic E-state index is -0.104. The molecular formula is C9H14N2S. The van der Waals surface area contributed by atoms with Crippen molar-refractivity contribution in [2.45, 2.75) is 31.7 Å². The van der Waals surface area contributed by atoms with E-state index >= 15 is 0 Å². The predicted octanol–water partition coefficient (Wildman–Crippen LogP) is 2.12. The summed E-state index contributed by atoms with van der Waals surface area (Å²) >= 11 is 1.68. The van der Waals surface area contributed by atoms with Crippen LogP contribution in [0.4, 0.5) is 0 Å². The molecule has 0 amide bonds. The van der Waals surface area contributed by atoms with Gasteiger partial charge in [0.2, 0.25) is 0 Å². The van der Waals surface area contributed by atoms with E-state index in [1.54, 1.807) is 11.3 Å². The summed E-state index contributed by atoms with van der Waals surface area (Å²) in [6.45, 7) is 2.27. The monoisotopic (exact) mass is 182 g/mol. The highest BCUT2D eigenvalue weighted by Gasteiger charge is 2.37. The molecule has 3 heteroatoms. The Balaban J connectivity index is 2.23. The molecule has 0 spiro atoms. The summed E-state index contributed by atoms with van der Waals surface area (Å²) in [5, 5.41) is 3.12. The van der Waals surface area contributed by atoms with Crippen LogP contribution in [0, 0.1) is 5.92 Å². The van der Waals surface area contributed by atoms with E-state index in [4.69, 9.17) is 5.73 Å². The Labute approximate surface area is 76.8 Å². The van der Waals surface area contributed by atoms with Gasteiger partial charge in [0, 0.05) is 11.6 Å². The Morgan fingerprint density at radius 2 is 2.58 bits per heavy atom. The van der Waals surface area contributed by atoms with Crippen molar-refractivity contribution >= 4 is 11.3 Å². The van der Waals surface area contributed by atoms with Gasteiger partial charge in [-0.1, -0.05) is 6.92 Å². The summed E-state index contributed by atoms with van der Waals surface area (Å²) in [7, 11) is 0. The van der Waals surface area contributed by atoms with Gasteiger partial charge in [0.15, 0.2) is 0 Å². The zero-order valence-electron chi connectivity index (χ0n) is 7.29. The molecule has 2 N–H and O–H groups in total. The first-order valence-electron chi connectivity index (χ1n) is 4.39. The van der Waals surface area contributed by atoms with Gasteiger partial charge in [-0.15, -0.1) is 11.3 Å². The highest BCUT2D eigenvalue weighted by atomic mass is 32.1. The molecule has 1 saturated carbocycles. The number of thiazole rings is 1. The van der Waals surface area contributed by atoms with Crippen LogP contribution in [0.2, 0.25) is 0 Å². The van der Waals surface area contributed by atoms with Gasteiger partial charge in [-0.05, 0) is 25.2 Å². The number of nitrogens with two attached hydrogens (primary N) is 1. The Bertz CT molecular complexity index is 258. The van der Waals surface area contributed by atoms with E-state index in [1.807, 2.05) is 11.6 Å². The summed E-state index contributed by atoms with van der Waals surface area (Å²) in [5.41, 5.74) is 6.16. The van der Waals surface area contributed by atoms with Gasteiger partial charge in [0.05, 0.1) is 5.54 Å². The molecular weight excluding hydrogens is 168 g/mol. The van der Waals surface area contributed by atoms with Gasteiger partial charge in [-0.2, -0.15) is 0 Å². The molecule has 0 saturated heterocycles. The summed E-state index contributed by atoms with van der Waals surface area (Å²) < 4.78 is 0. The van der Waals surface area contributed by atoms with Gasteiger partial charge in [0.25, 0.3) is 0 Å². The van der Waals surface area contributed by atoms with Gasteiger partial charge in [-0.3, -0.25) is 0 Å². The van der Waals surface area contributed by atoms with Gasteiger partial charge in [0.1, 0.15) is 5.01 Å².